The molecule has 0 unspecified atom stereocenters. The van der Waals surface area contributed by atoms with Crippen molar-refractivity contribution in [1.82, 2.24) is 25.0 Å². The van der Waals surface area contributed by atoms with Gasteiger partial charge < -0.3 is 10.2 Å². The molecule has 0 spiro atoms. The lowest BCUT2D eigenvalue weighted by Crippen LogP contribution is -2.46. The Morgan fingerprint density at radius 1 is 1.03 bits per heavy atom. The molecular formula is C21H27BrN6S. The van der Waals surface area contributed by atoms with E-state index in [0.717, 1.165) is 54.0 Å². The van der Waals surface area contributed by atoms with E-state index in [-0.39, 0.29) is 0 Å². The van der Waals surface area contributed by atoms with Gasteiger partial charge in [0.15, 0.2) is 0 Å². The van der Waals surface area contributed by atoms with Gasteiger partial charge in [0.2, 0.25) is 10.3 Å². The lowest BCUT2D eigenvalue weighted by atomic mass is 10.2. The zero-order chi connectivity index (χ0) is 20.1. The van der Waals surface area contributed by atoms with Crippen LogP contribution in [0.25, 0.3) is 5.13 Å². The lowest BCUT2D eigenvalue weighted by molar-refractivity contribution is 0.258. The van der Waals surface area contributed by atoms with Gasteiger partial charge in [-0.3, -0.25) is 9.47 Å². The van der Waals surface area contributed by atoms with Crippen molar-refractivity contribution in [3.8, 4) is 5.13 Å². The normalized spacial score (nSPS) is 15.2. The molecule has 1 fully saturated rings. The van der Waals surface area contributed by atoms with E-state index in [4.69, 9.17) is 0 Å². The standard InChI is InChI=1S/C21H27BrN6S/c1-2-8-26-10-12-27(13-11-26)20-24-25-21(29-20)28-9-4-7-19(28)16-23-15-17-5-3-6-18(22)14-17/h3-7,9,14,23H,2,8,10-13,15-16H2,1H3. The van der Waals surface area contributed by atoms with E-state index in [9.17, 15) is 0 Å². The molecule has 3 heterocycles. The van der Waals surface area contributed by atoms with Crippen molar-refractivity contribution in [3.63, 3.8) is 0 Å². The molecule has 0 bridgehead atoms. The predicted octanol–water partition coefficient (Wildman–Crippen LogP) is 3.91. The van der Waals surface area contributed by atoms with Gasteiger partial charge in [-0.1, -0.05) is 46.3 Å². The van der Waals surface area contributed by atoms with Crippen LogP contribution in [0.15, 0.2) is 47.1 Å². The van der Waals surface area contributed by atoms with E-state index in [1.54, 1.807) is 11.3 Å². The van der Waals surface area contributed by atoms with E-state index < -0.39 is 0 Å². The third-order valence-corrected chi connectivity index (χ3v) is 6.63. The van der Waals surface area contributed by atoms with Crippen LogP contribution in [0.3, 0.4) is 0 Å². The third-order valence-electron chi connectivity index (χ3n) is 5.15. The van der Waals surface area contributed by atoms with E-state index in [1.165, 1.54) is 24.2 Å². The molecule has 1 N–H and O–H groups in total. The molecule has 6 nitrogen and oxygen atoms in total. The summed E-state index contributed by atoms with van der Waals surface area (Å²) < 4.78 is 3.25. The van der Waals surface area contributed by atoms with E-state index >= 15 is 0 Å². The molecule has 0 saturated carbocycles. The summed E-state index contributed by atoms with van der Waals surface area (Å²) in [5, 5.41) is 14.4. The minimum atomic E-state index is 0.782. The topological polar surface area (TPSA) is 49.2 Å². The number of anilines is 1. The van der Waals surface area contributed by atoms with Gasteiger partial charge in [0.25, 0.3) is 0 Å². The minimum Gasteiger partial charge on any atom is -0.344 e. The van der Waals surface area contributed by atoms with Crippen molar-refractivity contribution in [2.75, 3.05) is 37.6 Å². The summed E-state index contributed by atoms with van der Waals surface area (Å²) in [5.41, 5.74) is 2.45. The SMILES string of the molecule is CCCN1CCN(c2nnc(-n3cccc3CNCc3cccc(Br)c3)s2)CC1. The molecule has 1 aliphatic heterocycles. The van der Waals surface area contributed by atoms with Gasteiger partial charge in [0.1, 0.15) is 0 Å². The van der Waals surface area contributed by atoms with Crippen LogP contribution in [-0.4, -0.2) is 52.4 Å². The number of halogens is 1. The fraction of sp³-hybridized carbons (Fsp3) is 0.429. The second-order valence-electron chi connectivity index (χ2n) is 7.30. The van der Waals surface area contributed by atoms with Crippen molar-refractivity contribution in [3.05, 3.63) is 58.3 Å². The fourth-order valence-electron chi connectivity index (χ4n) is 3.64. The van der Waals surface area contributed by atoms with Gasteiger partial charge in [0, 0.05) is 55.6 Å². The summed E-state index contributed by atoms with van der Waals surface area (Å²) in [6, 6.07) is 12.6. The molecule has 1 saturated heterocycles. The van der Waals surface area contributed by atoms with Crippen molar-refractivity contribution >= 4 is 32.4 Å². The van der Waals surface area contributed by atoms with Crippen molar-refractivity contribution in [2.45, 2.75) is 26.4 Å². The number of hydrogen-bond donors (Lipinski definition) is 1. The highest BCUT2D eigenvalue weighted by Gasteiger charge is 2.20. The highest BCUT2D eigenvalue weighted by Crippen LogP contribution is 2.25. The molecule has 0 amide bonds. The Morgan fingerprint density at radius 2 is 1.86 bits per heavy atom. The van der Waals surface area contributed by atoms with Crippen LogP contribution in [0.5, 0.6) is 0 Å². The molecule has 0 aliphatic carbocycles. The number of benzene rings is 1. The van der Waals surface area contributed by atoms with Gasteiger partial charge in [-0.15, -0.1) is 10.2 Å². The molecule has 0 atom stereocenters. The molecule has 3 aromatic rings. The Kier molecular flexibility index (Phi) is 6.97. The van der Waals surface area contributed by atoms with Crippen LogP contribution in [0, 0.1) is 0 Å². The van der Waals surface area contributed by atoms with Crippen LogP contribution >= 0.6 is 27.3 Å². The largest absolute Gasteiger partial charge is 0.344 e. The number of piperazine rings is 1. The predicted molar refractivity (Wildman–Crippen MR) is 123 cm³/mol. The van der Waals surface area contributed by atoms with Crippen molar-refractivity contribution in [1.29, 1.82) is 0 Å². The third kappa shape index (κ3) is 5.25. The van der Waals surface area contributed by atoms with Gasteiger partial charge in [-0.25, -0.2) is 0 Å². The first-order chi connectivity index (χ1) is 14.2. The Bertz CT molecular complexity index is 915. The van der Waals surface area contributed by atoms with Crippen LogP contribution in [0.1, 0.15) is 24.6 Å². The number of nitrogens with one attached hydrogen (secondary N) is 1. The maximum atomic E-state index is 4.48. The second kappa shape index (κ2) is 9.84. The molecule has 1 aliphatic rings. The van der Waals surface area contributed by atoms with Gasteiger partial charge in [0.05, 0.1) is 0 Å². The van der Waals surface area contributed by atoms with Crippen LogP contribution in [0.2, 0.25) is 0 Å². The minimum absolute atomic E-state index is 0.782. The van der Waals surface area contributed by atoms with Crippen molar-refractivity contribution < 1.29 is 0 Å². The number of hydrogen-bond acceptors (Lipinski definition) is 6. The first-order valence-electron chi connectivity index (χ1n) is 10.2. The highest BCUT2D eigenvalue weighted by atomic mass is 79.9. The van der Waals surface area contributed by atoms with Gasteiger partial charge in [-0.05, 0) is 42.8 Å². The molecule has 29 heavy (non-hydrogen) atoms. The number of aromatic nitrogens is 3. The van der Waals surface area contributed by atoms with E-state index in [0.29, 0.717) is 0 Å². The Hall–Kier alpha value is -1.74. The van der Waals surface area contributed by atoms with E-state index in [2.05, 4.69) is 89.3 Å². The average Bonchev–Trinajstić information content (AvgIpc) is 3.38. The molecule has 154 valence electrons. The first kappa shape index (κ1) is 20.5. The average molecular weight is 475 g/mol. The molecule has 2 aromatic heterocycles. The first-order valence-corrected chi connectivity index (χ1v) is 11.8. The maximum absolute atomic E-state index is 4.48. The molecular weight excluding hydrogens is 448 g/mol. The van der Waals surface area contributed by atoms with Crippen LogP contribution in [-0.2, 0) is 13.1 Å². The molecule has 0 radical (unpaired) electrons. The smallest absolute Gasteiger partial charge is 0.218 e. The Labute approximate surface area is 184 Å². The quantitative estimate of drug-likeness (QED) is 0.536. The lowest BCUT2D eigenvalue weighted by Gasteiger charge is -2.33. The second-order valence-corrected chi connectivity index (χ2v) is 9.15. The Balaban J connectivity index is 1.36. The van der Waals surface area contributed by atoms with E-state index in [1.807, 2.05) is 6.07 Å². The maximum Gasteiger partial charge on any atom is 0.218 e. The summed E-state index contributed by atoms with van der Waals surface area (Å²) >= 11 is 5.20. The summed E-state index contributed by atoms with van der Waals surface area (Å²) in [5.74, 6) is 0. The summed E-state index contributed by atoms with van der Waals surface area (Å²) in [6.45, 7) is 9.32. The summed E-state index contributed by atoms with van der Waals surface area (Å²) in [6.07, 6.45) is 3.29. The number of nitrogens with zero attached hydrogens (tertiary/aromatic N) is 5. The molecule has 8 heteroatoms. The molecule has 1 aromatic carbocycles. The highest BCUT2D eigenvalue weighted by molar-refractivity contribution is 9.10. The van der Waals surface area contributed by atoms with Crippen molar-refractivity contribution in [2.24, 2.45) is 0 Å². The Morgan fingerprint density at radius 3 is 2.66 bits per heavy atom. The van der Waals surface area contributed by atoms with Gasteiger partial charge >= 0.3 is 0 Å². The van der Waals surface area contributed by atoms with Crippen LogP contribution in [0.4, 0.5) is 5.13 Å². The van der Waals surface area contributed by atoms with Crippen LogP contribution < -0.4 is 10.2 Å². The summed E-state index contributed by atoms with van der Waals surface area (Å²) in [4.78, 5) is 4.89. The monoisotopic (exact) mass is 474 g/mol. The zero-order valence-corrected chi connectivity index (χ0v) is 19.1. The number of rotatable bonds is 8. The van der Waals surface area contributed by atoms with Gasteiger partial charge in [-0.2, -0.15) is 0 Å². The fourth-order valence-corrected chi connectivity index (χ4v) is 5.00. The summed E-state index contributed by atoms with van der Waals surface area (Å²) in [7, 11) is 0. The zero-order valence-electron chi connectivity index (χ0n) is 16.7. The molecule has 4 rings (SSSR count).